The molecular formula is C14H18N2O4. The van der Waals surface area contributed by atoms with Crippen LogP contribution in [0, 0.1) is 16.0 Å². The second-order valence-corrected chi connectivity index (χ2v) is 5.33. The Bertz CT molecular complexity index is 522. The first kappa shape index (κ1) is 14.5. The van der Waals surface area contributed by atoms with Gasteiger partial charge in [0.05, 0.1) is 4.92 Å². The summed E-state index contributed by atoms with van der Waals surface area (Å²) < 4.78 is 0. The molecule has 0 bridgehead atoms. The SMILES string of the molecule is CC1CCN(Cc2cccc([N+](=O)[O-])c2C(=O)O)CC1. The fourth-order valence-electron chi connectivity index (χ4n) is 2.58. The number of nitrogens with zero attached hydrogens (tertiary/aromatic N) is 2. The zero-order valence-corrected chi connectivity index (χ0v) is 11.4. The van der Waals surface area contributed by atoms with Gasteiger partial charge in [-0.2, -0.15) is 0 Å². The Balaban J connectivity index is 2.25. The van der Waals surface area contributed by atoms with Gasteiger partial charge in [-0.25, -0.2) is 4.79 Å². The molecule has 6 nitrogen and oxygen atoms in total. The van der Waals surface area contributed by atoms with E-state index in [1.165, 1.54) is 6.07 Å². The molecule has 1 saturated heterocycles. The van der Waals surface area contributed by atoms with Crippen LogP contribution in [0.15, 0.2) is 18.2 Å². The van der Waals surface area contributed by atoms with Gasteiger partial charge in [0, 0.05) is 12.6 Å². The highest BCUT2D eigenvalue weighted by atomic mass is 16.6. The number of carboxylic acids is 1. The van der Waals surface area contributed by atoms with Crippen LogP contribution in [0.5, 0.6) is 0 Å². The van der Waals surface area contributed by atoms with Gasteiger partial charge in [0.15, 0.2) is 0 Å². The van der Waals surface area contributed by atoms with E-state index < -0.39 is 10.9 Å². The maximum absolute atomic E-state index is 11.3. The Kier molecular flexibility index (Phi) is 4.34. The van der Waals surface area contributed by atoms with E-state index in [0.29, 0.717) is 18.0 Å². The Morgan fingerprint density at radius 1 is 1.45 bits per heavy atom. The summed E-state index contributed by atoms with van der Waals surface area (Å²) in [7, 11) is 0. The van der Waals surface area contributed by atoms with Gasteiger partial charge in [-0.15, -0.1) is 0 Å². The molecule has 6 heteroatoms. The van der Waals surface area contributed by atoms with Gasteiger partial charge in [-0.1, -0.05) is 19.1 Å². The minimum absolute atomic E-state index is 0.184. The van der Waals surface area contributed by atoms with Crippen molar-refractivity contribution in [2.75, 3.05) is 13.1 Å². The third kappa shape index (κ3) is 3.14. The number of aromatic carboxylic acids is 1. The molecule has 0 unspecified atom stereocenters. The first-order valence-electron chi connectivity index (χ1n) is 6.71. The molecule has 1 aliphatic heterocycles. The second kappa shape index (κ2) is 6.00. The summed E-state index contributed by atoms with van der Waals surface area (Å²) in [6.45, 7) is 4.47. The van der Waals surface area contributed by atoms with Gasteiger partial charge in [0.1, 0.15) is 5.56 Å². The smallest absolute Gasteiger partial charge is 0.343 e. The number of nitro groups is 1. The lowest BCUT2D eigenvalue weighted by molar-refractivity contribution is -0.385. The molecule has 1 fully saturated rings. The van der Waals surface area contributed by atoms with E-state index in [0.717, 1.165) is 25.9 Å². The predicted molar refractivity (Wildman–Crippen MR) is 73.7 cm³/mol. The minimum Gasteiger partial charge on any atom is -0.477 e. The standard InChI is InChI=1S/C14H18N2O4/c1-10-5-7-15(8-6-10)9-11-3-2-4-12(16(19)20)13(11)14(17)18/h2-4,10H,5-9H2,1H3,(H,17,18). The topological polar surface area (TPSA) is 83.7 Å². The highest BCUT2D eigenvalue weighted by Gasteiger charge is 2.25. The van der Waals surface area contributed by atoms with Crippen LogP contribution in [0.1, 0.15) is 35.7 Å². The molecule has 0 amide bonds. The lowest BCUT2D eigenvalue weighted by Crippen LogP contribution is -2.32. The van der Waals surface area contributed by atoms with Crippen molar-refractivity contribution in [3.05, 3.63) is 39.4 Å². The molecular weight excluding hydrogens is 260 g/mol. The summed E-state index contributed by atoms with van der Waals surface area (Å²) in [6, 6.07) is 4.45. The number of benzene rings is 1. The van der Waals surface area contributed by atoms with E-state index in [9.17, 15) is 20.0 Å². The Labute approximate surface area is 117 Å². The molecule has 0 aliphatic carbocycles. The van der Waals surface area contributed by atoms with Crippen molar-refractivity contribution in [2.45, 2.75) is 26.3 Å². The van der Waals surface area contributed by atoms with Gasteiger partial charge in [-0.05, 0) is 37.4 Å². The number of carboxylic acid groups (broad SMARTS) is 1. The summed E-state index contributed by atoms with van der Waals surface area (Å²) in [4.78, 5) is 23.8. The highest BCUT2D eigenvalue weighted by Crippen LogP contribution is 2.25. The fourth-order valence-corrected chi connectivity index (χ4v) is 2.58. The summed E-state index contributed by atoms with van der Waals surface area (Å²) >= 11 is 0. The Morgan fingerprint density at radius 3 is 2.65 bits per heavy atom. The van der Waals surface area contributed by atoms with E-state index in [1.807, 2.05) is 0 Å². The van der Waals surface area contributed by atoms with Crippen LogP contribution in [0.2, 0.25) is 0 Å². The molecule has 0 aromatic heterocycles. The average molecular weight is 278 g/mol. The number of nitro benzene ring substituents is 1. The molecule has 1 aromatic rings. The van der Waals surface area contributed by atoms with Gasteiger partial charge in [-0.3, -0.25) is 15.0 Å². The fraction of sp³-hybridized carbons (Fsp3) is 0.500. The first-order chi connectivity index (χ1) is 9.49. The molecule has 20 heavy (non-hydrogen) atoms. The molecule has 0 radical (unpaired) electrons. The molecule has 1 aliphatic rings. The second-order valence-electron chi connectivity index (χ2n) is 5.33. The maximum atomic E-state index is 11.3. The van der Waals surface area contributed by atoms with E-state index in [-0.39, 0.29) is 11.3 Å². The van der Waals surface area contributed by atoms with Crippen LogP contribution in [0.4, 0.5) is 5.69 Å². The molecule has 0 spiro atoms. The largest absolute Gasteiger partial charge is 0.477 e. The van der Waals surface area contributed by atoms with Crippen molar-refractivity contribution in [3.63, 3.8) is 0 Å². The summed E-state index contributed by atoms with van der Waals surface area (Å²) in [5.41, 5.74) is -0.00208. The number of carbonyl (C=O) groups is 1. The summed E-state index contributed by atoms with van der Waals surface area (Å²) in [5, 5.41) is 20.2. The van der Waals surface area contributed by atoms with Crippen molar-refractivity contribution in [2.24, 2.45) is 5.92 Å². The Morgan fingerprint density at radius 2 is 2.10 bits per heavy atom. The van der Waals surface area contributed by atoms with Crippen molar-refractivity contribution < 1.29 is 14.8 Å². The quantitative estimate of drug-likeness (QED) is 0.675. The summed E-state index contributed by atoms with van der Waals surface area (Å²) in [6.07, 6.45) is 2.16. The lowest BCUT2D eigenvalue weighted by atomic mass is 9.98. The van der Waals surface area contributed by atoms with Crippen molar-refractivity contribution in [1.82, 2.24) is 4.90 Å². The van der Waals surface area contributed by atoms with E-state index in [1.54, 1.807) is 12.1 Å². The molecule has 2 rings (SSSR count). The third-order valence-corrected chi connectivity index (χ3v) is 3.81. The molecule has 1 aromatic carbocycles. The van der Waals surface area contributed by atoms with E-state index in [2.05, 4.69) is 11.8 Å². The van der Waals surface area contributed by atoms with Crippen LogP contribution in [0.25, 0.3) is 0 Å². The number of hydrogen-bond donors (Lipinski definition) is 1. The number of piperidine rings is 1. The molecule has 1 N–H and O–H groups in total. The lowest BCUT2D eigenvalue weighted by Gasteiger charge is -2.30. The van der Waals surface area contributed by atoms with Gasteiger partial charge in [0.25, 0.3) is 5.69 Å². The minimum atomic E-state index is -1.24. The Hall–Kier alpha value is -1.95. The predicted octanol–water partition coefficient (Wildman–Crippen LogP) is 2.52. The van der Waals surface area contributed by atoms with Crippen molar-refractivity contribution in [3.8, 4) is 0 Å². The molecule has 1 heterocycles. The van der Waals surface area contributed by atoms with Crippen LogP contribution < -0.4 is 0 Å². The number of likely N-dealkylation sites (tertiary alicyclic amines) is 1. The van der Waals surface area contributed by atoms with Crippen LogP contribution in [-0.2, 0) is 6.54 Å². The van der Waals surface area contributed by atoms with Gasteiger partial charge >= 0.3 is 5.97 Å². The zero-order valence-electron chi connectivity index (χ0n) is 11.4. The zero-order chi connectivity index (χ0) is 14.7. The molecule has 0 atom stereocenters. The molecule has 0 saturated carbocycles. The average Bonchev–Trinajstić information content (AvgIpc) is 2.40. The normalized spacial score (nSPS) is 17.1. The van der Waals surface area contributed by atoms with E-state index in [4.69, 9.17) is 0 Å². The first-order valence-corrected chi connectivity index (χ1v) is 6.71. The number of rotatable bonds is 4. The molecule has 108 valence electrons. The highest BCUT2D eigenvalue weighted by molar-refractivity contribution is 5.94. The van der Waals surface area contributed by atoms with Crippen molar-refractivity contribution >= 4 is 11.7 Å². The van der Waals surface area contributed by atoms with Crippen molar-refractivity contribution in [1.29, 1.82) is 0 Å². The van der Waals surface area contributed by atoms with Gasteiger partial charge in [0.2, 0.25) is 0 Å². The van der Waals surface area contributed by atoms with Crippen LogP contribution >= 0.6 is 0 Å². The van der Waals surface area contributed by atoms with E-state index >= 15 is 0 Å². The number of hydrogen-bond acceptors (Lipinski definition) is 4. The van der Waals surface area contributed by atoms with Crippen LogP contribution in [0.3, 0.4) is 0 Å². The maximum Gasteiger partial charge on any atom is 0.343 e. The summed E-state index contributed by atoms with van der Waals surface area (Å²) in [5.74, 6) is -0.548. The monoisotopic (exact) mass is 278 g/mol. The van der Waals surface area contributed by atoms with Gasteiger partial charge < -0.3 is 5.11 Å². The van der Waals surface area contributed by atoms with Crippen LogP contribution in [-0.4, -0.2) is 34.0 Å². The third-order valence-electron chi connectivity index (χ3n) is 3.81.